The standard InChI is InChI=1S/C15H24N2O2/c1-10(2)5-11-6-13(7-11)19-15-4-3-12(8-17-15)14(16)9-18/h3-4,8,10-11,13-14,18H,5-7,9,16H2,1-2H3/t11?,13?,14-/m0/s1. The number of hydrogen-bond donors (Lipinski definition) is 2. The van der Waals surface area contributed by atoms with Gasteiger partial charge in [-0.3, -0.25) is 0 Å². The molecule has 4 nitrogen and oxygen atoms in total. The van der Waals surface area contributed by atoms with Crippen LogP contribution in [0.5, 0.6) is 5.88 Å². The third-order valence-corrected chi connectivity index (χ3v) is 3.67. The van der Waals surface area contributed by atoms with Crippen LogP contribution in [0.25, 0.3) is 0 Å². The minimum Gasteiger partial charge on any atom is -0.474 e. The minimum absolute atomic E-state index is 0.0681. The van der Waals surface area contributed by atoms with Gasteiger partial charge in [0.2, 0.25) is 5.88 Å². The predicted octanol–water partition coefficient (Wildman–Crippen LogP) is 2.28. The van der Waals surface area contributed by atoms with Crippen LogP contribution in [0.4, 0.5) is 0 Å². The molecular weight excluding hydrogens is 240 g/mol. The number of aromatic nitrogens is 1. The zero-order valence-electron chi connectivity index (χ0n) is 11.7. The van der Waals surface area contributed by atoms with Crippen molar-refractivity contribution in [2.45, 2.75) is 45.3 Å². The number of nitrogens with two attached hydrogens (primary N) is 1. The summed E-state index contributed by atoms with van der Waals surface area (Å²) in [6, 6.07) is 3.34. The normalized spacial score (nSPS) is 24.1. The van der Waals surface area contributed by atoms with Crippen LogP contribution in [0, 0.1) is 11.8 Å². The number of aliphatic hydroxyl groups is 1. The summed E-state index contributed by atoms with van der Waals surface area (Å²) in [5.41, 5.74) is 6.55. The molecule has 0 amide bonds. The lowest BCUT2D eigenvalue weighted by Crippen LogP contribution is -2.34. The van der Waals surface area contributed by atoms with Gasteiger partial charge in [-0.1, -0.05) is 19.9 Å². The molecule has 0 spiro atoms. The summed E-state index contributed by atoms with van der Waals surface area (Å²) in [5.74, 6) is 2.23. The minimum atomic E-state index is -0.360. The van der Waals surface area contributed by atoms with Crippen LogP contribution in [0.1, 0.15) is 44.7 Å². The fraction of sp³-hybridized carbons (Fsp3) is 0.667. The van der Waals surface area contributed by atoms with Gasteiger partial charge < -0.3 is 15.6 Å². The van der Waals surface area contributed by atoms with Crippen LogP contribution in [0.2, 0.25) is 0 Å². The molecule has 1 aromatic heterocycles. The molecule has 0 aliphatic heterocycles. The molecule has 4 heteroatoms. The second-order valence-corrected chi connectivity index (χ2v) is 5.93. The Labute approximate surface area is 115 Å². The Bertz CT molecular complexity index is 386. The largest absolute Gasteiger partial charge is 0.474 e. The van der Waals surface area contributed by atoms with E-state index in [1.807, 2.05) is 12.1 Å². The number of rotatable bonds is 6. The summed E-state index contributed by atoms with van der Waals surface area (Å²) in [6.07, 6.45) is 5.56. The highest BCUT2D eigenvalue weighted by Crippen LogP contribution is 2.35. The van der Waals surface area contributed by atoms with Crippen molar-refractivity contribution in [3.8, 4) is 5.88 Å². The molecule has 0 unspecified atom stereocenters. The number of hydrogen-bond acceptors (Lipinski definition) is 4. The summed E-state index contributed by atoms with van der Waals surface area (Å²) in [5, 5.41) is 8.97. The highest BCUT2D eigenvalue weighted by atomic mass is 16.5. The van der Waals surface area contributed by atoms with Crippen molar-refractivity contribution in [3.05, 3.63) is 23.9 Å². The van der Waals surface area contributed by atoms with Crippen LogP contribution < -0.4 is 10.5 Å². The molecule has 0 saturated heterocycles. The van der Waals surface area contributed by atoms with Gasteiger partial charge in [-0.2, -0.15) is 0 Å². The Hall–Kier alpha value is -1.13. The smallest absolute Gasteiger partial charge is 0.213 e. The zero-order valence-corrected chi connectivity index (χ0v) is 11.7. The monoisotopic (exact) mass is 264 g/mol. The number of nitrogens with zero attached hydrogens (tertiary/aromatic N) is 1. The average Bonchev–Trinajstić information content (AvgIpc) is 2.35. The third kappa shape index (κ3) is 3.91. The first kappa shape index (κ1) is 14.3. The molecule has 0 bridgehead atoms. The molecule has 2 rings (SSSR count). The predicted molar refractivity (Wildman–Crippen MR) is 74.8 cm³/mol. The van der Waals surface area contributed by atoms with E-state index in [1.54, 1.807) is 6.20 Å². The molecule has 19 heavy (non-hydrogen) atoms. The van der Waals surface area contributed by atoms with Crippen molar-refractivity contribution in [2.75, 3.05) is 6.61 Å². The van der Waals surface area contributed by atoms with Crippen molar-refractivity contribution < 1.29 is 9.84 Å². The number of ether oxygens (including phenoxy) is 1. The average molecular weight is 264 g/mol. The van der Waals surface area contributed by atoms with Crippen molar-refractivity contribution in [1.82, 2.24) is 4.98 Å². The second kappa shape index (κ2) is 6.35. The maximum atomic E-state index is 8.97. The Morgan fingerprint density at radius 2 is 2.16 bits per heavy atom. The van der Waals surface area contributed by atoms with Gasteiger partial charge in [0.25, 0.3) is 0 Å². The number of pyridine rings is 1. The molecule has 0 radical (unpaired) electrons. The van der Waals surface area contributed by atoms with Gasteiger partial charge in [-0.05, 0) is 36.7 Å². The van der Waals surface area contributed by atoms with Gasteiger partial charge in [-0.15, -0.1) is 0 Å². The van der Waals surface area contributed by atoms with E-state index in [2.05, 4.69) is 18.8 Å². The maximum Gasteiger partial charge on any atom is 0.213 e. The zero-order chi connectivity index (χ0) is 13.8. The SMILES string of the molecule is CC(C)CC1CC(Oc2ccc([C@@H](N)CO)cn2)C1. The third-order valence-electron chi connectivity index (χ3n) is 3.67. The van der Waals surface area contributed by atoms with Gasteiger partial charge in [-0.25, -0.2) is 4.98 Å². The summed E-state index contributed by atoms with van der Waals surface area (Å²) < 4.78 is 5.82. The molecule has 1 aliphatic carbocycles. The van der Waals surface area contributed by atoms with Gasteiger partial charge in [0.05, 0.1) is 12.6 Å². The highest BCUT2D eigenvalue weighted by Gasteiger charge is 2.31. The first-order valence-electron chi connectivity index (χ1n) is 7.07. The highest BCUT2D eigenvalue weighted by molar-refractivity contribution is 5.20. The molecule has 1 aliphatic rings. The molecule has 3 N–H and O–H groups in total. The lowest BCUT2D eigenvalue weighted by atomic mass is 9.77. The Morgan fingerprint density at radius 3 is 2.68 bits per heavy atom. The molecule has 106 valence electrons. The van der Waals surface area contributed by atoms with E-state index in [1.165, 1.54) is 6.42 Å². The first-order chi connectivity index (χ1) is 9.08. The van der Waals surface area contributed by atoms with Crippen LogP contribution in [0.15, 0.2) is 18.3 Å². The first-order valence-corrected chi connectivity index (χ1v) is 7.07. The molecule has 1 saturated carbocycles. The van der Waals surface area contributed by atoms with Gasteiger partial charge in [0, 0.05) is 12.3 Å². The van der Waals surface area contributed by atoms with E-state index in [0.717, 1.165) is 30.2 Å². The Morgan fingerprint density at radius 1 is 1.42 bits per heavy atom. The van der Waals surface area contributed by atoms with Crippen LogP contribution in [-0.2, 0) is 0 Å². The maximum absolute atomic E-state index is 8.97. The fourth-order valence-corrected chi connectivity index (χ4v) is 2.59. The molecule has 1 heterocycles. The van der Waals surface area contributed by atoms with E-state index < -0.39 is 0 Å². The van der Waals surface area contributed by atoms with E-state index in [0.29, 0.717) is 12.0 Å². The van der Waals surface area contributed by atoms with Crippen LogP contribution in [-0.4, -0.2) is 22.8 Å². The summed E-state index contributed by atoms with van der Waals surface area (Å²) in [6.45, 7) is 4.46. The van der Waals surface area contributed by atoms with Crippen molar-refractivity contribution in [2.24, 2.45) is 17.6 Å². The summed E-state index contributed by atoms with van der Waals surface area (Å²) in [7, 11) is 0. The lowest BCUT2D eigenvalue weighted by molar-refractivity contribution is 0.0507. The van der Waals surface area contributed by atoms with Gasteiger partial charge in [0.1, 0.15) is 6.10 Å². The molecule has 0 aromatic carbocycles. The van der Waals surface area contributed by atoms with Crippen molar-refractivity contribution in [1.29, 1.82) is 0 Å². The van der Waals surface area contributed by atoms with E-state index in [4.69, 9.17) is 15.6 Å². The molecule has 1 fully saturated rings. The summed E-state index contributed by atoms with van der Waals surface area (Å²) >= 11 is 0. The van der Waals surface area contributed by atoms with Crippen molar-refractivity contribution in [3.63, 3.8) is 0 Å². The Balaban J connectivity index is 1.78. The van der Waals surface area contributed by atoms with E-state index >= 15 is 0 Å². The van der Waals surface area contributed by atoms with E-state index in [9.17, 15) is 0 Å². The van der Waals surface area contributed by atoms with Crippen molar-refractivity contribution >= 4 is 0 Å². The Kier molecular flexibility index (Phi) is 4.77. The summed E-state index contributed by atoms with van der Waals surface area (Å²) in [4.78, 5) is 4.24. The van der Waals surface area contributed by atoms with Gasteiger partial charge in [0.15, 0.2) is 0 Å². The lowest BCUT2D eigenvalue weighted by Gasteiger charge is -2.36. The molecule has 1 atom stereocenters. The second-order valence-electron chi connectivity index (χ2n) is 5.93. The topological polar surface area (TPSA) is 68.4 Å². The van der Waals surface area contributed by atoms with Crippen LogP contribution in [0.3, 0.4) is 0 Å². The van der Waals surface area contributed by atoms with E-state index in [-0.39, 0.29) is 12.6 Å². The number of aliphatic hydroxyl groups excluding tert-OH is 1. The quantitative estimate of drug-likeness (QED) is 0.827. The molecule has 1 aromatic rings. The molecular formula is C15H24N2O2. The van der Waals surface area contributed by atoms with Crippen LogP contribution >= 0.6 is 0 Å². The fourth-order valence-electron chi connectivity index (χ4n) is 2.59. The van der Waals surface area contributed by atoms with Gasteiger partial charge >= 0.3 is 0 Å².